The van der Waals surface area contributed by atoms with Crippen LogP contribution in [0.4, 0.5) is 22.0 Å². The first-order chi connectivity index (χ1) is 10.8. The van der Waals surface area contributed by atoms with Crippen molar-refractivity contribution in [2.75, 3.05) is 0 Å². The van der Waals surface area contributed by atoms with Crippen molar-refractivity contribution >= 4 is 0 Å². The Morgan fingerprint density at radius 2 is 1.61 bits per heavy atom. The van der Waals surface area contributed by atoms with E-state index >= 15 is 0 Å². The first kappa shape index (κ1) is 17.4. The molecule has 7 heteroatoms. The number of alkyl halides is 3. The monoisotopic (exact) mass is 331 g/mol. The molecule has 0 atom stereocenters. The maximum atomic E-state index is 13.3. The van der Waals surface area contributed by atoms with Gasteiger partial charge < -0.3 is 10.4 Å². The highest BCUT2D eigenvalue weighted by Crippen LogP contribution is 2.30. The van der Waals surface area contributed by atoms with E-state index in [9.17, 15) is 22.0 Å². The molecule has 0 radical (unpaired) electrons. The number of aliphatic hydroxyl groups is 1. The van der Waals surface area contributed by atoms with Crippen LogP contribution in [0, 0.1) is 11.6 Å². The molecular formula is C16H14F5NO. The molecular weight excluding hydrogens is 317 g/mol. The molecule has 2 aromatic rings. The van der Waals surface area contributed by atoms with E-state index in [0.29, 0.717) is 11.6 Å². The Labute approximate surface area is 129 Å². The van der Waals surface area contributed by atoms with E-state index in [4.69, 9.17) is 5.11 Å². The average Bonchev–Trinajstić information content (AvgIpc) is 2.47. The first-order valence-electron chi connectivity index (χ1n) is 6.75. The fourth-order valence-electron chi connectivity index (χ4n) is 2.13. The van der Waals surface area contributed by atoms with Gasteiger partial charge in [0.15, 0.2) is 0 Å². The van der Waals surface area contributed by atoms with Crippen LogP contribution in [-0.2, 0) is 25.9 Å². The summed E-state index contributed by atoms with van der Waals surface area (Å²) >= 11 is 0. The van der Waals surface area contributed by atoms with Gasteiger partial charge in [-0.05, 0) is 41.5 Å². The molecule has 0 heterocycles. The summed E-state index contributed by atoms with van der Waals surface area (Å²) in [6.45, 7) is -0.184. The second kappa shape index (κ2) is 7.06. The van der Waals surface area contributed by atoms with Crippen molar-refractivity contribution in [3.63, 3.8) is 0 Å². The zero-order chi connectivity index (χ0) is 17.0. The van der Waals surface area contributed by atoms with Crippen molar-refractivity contribution < 1.29 is 27.1 Å². The van der Waals surface area contributed by atoms with Crippen molar-refractivity contribution in [3.05, 3.63) is 70.3 Å². The fourth-order valence-corrected chi connectivity index (χ4v) is 2.13. The normalized spacial score (nSPS) is 11.7. The summed E-state index contributed by atoms with van der Waals surface area (Å²) in [6.07, 6.45) is -4.61. The molecule has 0 aliphatic rings. The van der Waals surface area contributed by atoms with Crippen molar-refractivity contribution in [2.45, 2.75) is 25.9 Å². The van der Waals surface area contributed by atoms with Gasteiger partial charge in [0.2, 0.25) is 0 Å². The molecule has 0 aliphatic carbocycles. The van der Waals surface area contributed by atoms with Crippen LogP contribution in [0.2, 0.25) is 0 Å². The second-order valence-electron chi connectivity index (χ2n) is 5.03. The molecule has 0 amide bonds. The van der Waals surface area contributed by atoms with Gasteiger partial charge in [-0.25, -0.2) is 8.78 Å². The van der Waals surface area contributed by atoms with Crippen molar-refractivity contribution in [1.29, 1.82) is 0 Å². The van der Waals surface area contributed by atoms with Gasteiger partial charge in [-0.15, -0.1) is 0 Å². The maximum absolute atomic E-state index is 13.3. The third-order valence-electron chi connectivity index (χ3n) is 3.22. The number of halogens is 5. The van der Waals surface area contributed by atoms with Gasteiger partial charge in [-0.1, -0.05) is 6.07 Å². The Kier molecular flexibility index (Phi) is 5.33. The van der Waals surface area contributed by atoms with Crippen LogP contribution in [-0.4, -0.2) is 5.11 Å². The van der Waals surface area contributed by atoms with Gasteiger partial charge in [0.1, 0.15) is 11.6 Å². The van der Waals surface area contributed by atoms with Gasteiger partial charge in [-0.3, -0.25) is 0 Å². The largest absolute Gasteiger partial charge is 0.416 e. The van der Waals surface area contributed by atoms with Gasteiger partial charge in [-0.2, -0.15) is 13.2 Å². The summed E-state index contributed by atoms with van der Waals surface area (Å²) in [5, 5.41) is 11.8. The standard InChI is InChI=1S/C16H14F5NO/c17-14-5-11(4-13(6-14)16(19,20)21)8-22-7-10-1-2-15(18)12(3-10)9-23/h1-6,22-23H,7-9H2. The van der Waals surface area contributed by atoms with Crippen molar-refractivity contribution in [1.82, 2.24) is 5.32 Å². The van der Waals surface area contributed by atoms with E-state index in [2.05, 4.69) is 5.32 Å². The summed E-state index contributed by atoms with van der Waals surface area (Å²) in [6, 6.07) is 6.48. The lowest BCUT2D eigenvalue weighted by atomic mass is 10.1. The van der Waals surface area contributed by atoms with E-state index in [-0.39, 0.29) is 24.2 Å². The van der Waals surface area contributed by atoms with E-state index in [0.717, 1.165) is 12.1 Å². The maximum Gasteiger partial charge on any atom is 0.416 e. The molecule has 0 unspecified atom stereocenters. The lowest BCUT2D eigenvalue weighted by Crippen LogP contribution is -2.14. The minimum atomic E-state index is -4.61. The lowest BCUT2D eigenvalue weighted by molar-refractivity contribution is -0.137. The molecule has 0 saturated heterocycles. The van der Waals surface area contributed by atoms with Gasteiger partial charge in [0.05, 0.1) is 12.2 Å². The molecule has 0 bridgehead atoms. The quantitative estimate of drug-likeness (QED) is 0.818. The molecule has 0 fully saturated rings. The van der Waals surface area contributed by atoms with Crippen molar-refractivity contribution in [2.24, 2.45) is 0 Å². The lowest BCUT2D eigenvalue weighted by Gasteiger charge is -2.11. The third kappa shape index (κ3) is 4.74. The zero-order valence-corrected chi connectivity index (χ0v) is 11.9. The predicted octanol–water partition coefficient (Wildman–Crippen LogP) is 3.77. The van der Waals surface area contributed by atoms with E-state index in [1.807, 2.05) is 0 Å². The van der Waals surface area contributed by atoms with Crippen LogP contribution in [0.5, 0.6) is 0 Å². The van der Waals surface area contributed by atoms with Crippen LogP contribution in [0.3, 0.4) is 0 Å². The predicted molar refractivity (Wildman–Crippen MR) is 74.3 cm³/mol. The van der Waals surface area contributed by atoms with E-state index in [1.54, 1.807) is 0 Å². The molecule has 0 aromatic heterocycles. The summed E-state index contributed by atoms with van der Waals surface area (Å²) in [7, 11) is 0. The highest BCUT2D eigenvalue weighted by Gasteiger charge is 2.31. The van der Waals surface area contributed by atoms with Crippen LogP contribution in [0.25, 0.3) is 0 Å². The molecule has 0 spiro atoms. The highest BCUT2D eigenvalue weighted by molar-refractivity contribution is 5.27. The SMILES string of the molecule is OCc1cc(CNCc2cc(F)cc(C(F)(F)F)c2)ccc1F. The minimum Gasteiger partial charge on any atom is -0.392 e. The Balaban J connectivity index is 2.03. The Hall–Kier alpha value is -1.99. The Bertz CT molecular complexity index is 685. The summed E-state index contributed by atoms with van der Waals surface area (Å²) in [4.78, 5) is 0. The molecule has 2 aromatic carbocycles. The summed E-state index contributed by atoms with van der Waals surface area (Å²) in [5.74, 6) is -1.49. The van der Waals surface area contributed by atoms with Crippen LogP contribution in [0.1, 0.15) is 22.3 Å². The molecule has 0 saturated carbocycles. The Morgan fingerprint density at radius 3 is 2.26 bits per heavy atom. The summed E-state index contributed by atoms with van der Waals surface area (Å²) < 4.78 is 64.3. The van der Waals surface area contributed by atoms with Gasteiger partial charge in [0.25, 0.3) is 0 Å². The highest BCUT2D eigenvalue weighted by atomic mass is 19.4. The van der Waals surface area contributed by atoms with Crippen LogP contribution < -0.4 is 5.32 Å². The smallest absolute Gasteiger partial charge is 0.392 e. The molecule has 124 valence electrons. The minimum absolute atomic E-state index is 0.0205. The molecule has 23 heavy (non-hydrogen) atoms. The van der Waals surface area contributed by atoms with Crippen LogP contribution >= 0.6 is 0 Å². The number of aliphatic hydroxyl groups excluding tert-OH is 1. The number of hydrogen-bond acceptors (Lipinski definition) is 2. The molecule has 2 rings (SSSR count). The molecule has 2 N–H and O–H groups in total. The van der Waals surface area contributed by atoms with Gasteiger partial charge >= 0.3 is 6.18 Å². The topological polar surface area (TPSA) is 32.3 Å². The van der Waals surface area contributed by atoms with E-state index in [1.165, 1.54) is 18.2 Å². The molecule has 2 nitrogen and oxygen atoms in total. The van der Waals surface area contributed by atoms with Crippen molar-refractivity contribution in [3.8, 4) is 0 Å². The third-order valence-corrected chi connectivity index (χ3v) is 3.22. The van der Waals surface area contributed by atoms with Gasteiger partial charge in [0, 0.05) is 18.7 Å². The number of benzene rings is 2. The first-order valence-corrected chi connectivity index (χ1v) is 6.75. The second-order valence-corrected chi connectivity index (χ2v) is 5.03. The Morgan fingerprint density at radius 1 is 0.913 bits per heavy atom. The average molecular weight is 331 g/mol. The number of nitrogens with one attached hydrogen (secondary N) is 1. The fraction of sp³-hybridized carbons (Fsp3) is 0.250. The van der Waals surface area contributed by atoms with E-state index < -0.39 is 30.0 Å². The zero-order valence-electron chi connectivity index (χ0n) is 11.9. The van der Waals surface area contributed by atoms with Crippen LogP contribution in [0.15, 0.2) is 36.4 Å². The summed E-state index contributed by atoms with van der Waals surface area (Å²) in [5.41, 5.74) is -0.0993. The number of rotatable bonds is 5. The molecule has 0 aliphatic heterocycles. The number of hydrogen-bond donors (Lipinski definition) is 2.